The number of nitrogen functional groups attached to an aromatic ring is 1. The summed E-state index contributed by atoms with van der Waals surface area (Å²) in [6, 6.07) is 5.16. The van der Waals surface area contributed by atoms with Crippen molar-refractivity contribution in [2.75, 3.05) is 12.3 Å². The van der Waals surface area contributed by atoms with E-state index in [1.165, 1.54) is 11.3 Å². The van der Waals surface area contributed by atoms with E-state index in [4.69, 9.17) is 5.73 Å². The van der Waals surface area contributed by atoms with Crippen LogP contribution in [0.4, 0.5) is 18.9 Å². The average molecular weight is 262 g/mol. The lowest BCUT2D eigenvalue weighted by molar-refractivity contribution is -0.176. The molecule has 0 radical (unpaired) electrons. The molecular weight excluding hydrogens is 253 g/mol. The molecule has 0 fully saturated rings. The minimum atomic E-state index is -4.30. The fraction of sp³-hybridized carbons (Fsp3) is 0.300. The molecule has 0 aliphatic rings. The van der Waals surface area contributed by atoms with Gasteiger partial charge in [0, 0.05) is 5.69 Å². The molecule has 0 saturated carbocycles. The number of aromatic nitrogens is 1. The van der Waals surface area contributed by atoms with Gasteiger partial charge in [-0.3, -0.25) is 0 Å². The second kappa shape index (κ2) is 4.50. The topological polar surface area (TPSA) is 48.1 Å². The molecule has 0 unspecified atom stereocenters. The van der Waals surface area contributed by atoms with Gasteiger partial charge in [-0.1, -0.05) is 0 Å². The maximum atomic E-state index is 11.9. The van der Waals surface area contributed by atoms with E-state index in [0.717, 1.165) is 10.2 Å². The van der Waals surface area contributed by atoms with Gasteiger partial charge in [-0.15, -0.1) is 11.3 Å². The van der Waals surface area contributed by atoms with E-state index < -0.39 is 12.8 Å². The minimum absolute atomic E-state index is 0.140. The van der Waals surface area contributed by atoms with Gasteiger partial charge < -0.3 is 10.5 Å². The monoisotopic (exact) mass is 262 g/mol. The zero-order valence-electron chi connectivity index (χ0n) is 8.62. The van der Waals surface area contributed by atoms with Crippen LogP contribution in [-0.4, -0.2) is 17.8 Å². The van der Waals surface area contributed by atoms with Crippen molar-refractivity contribution in [2.24, 2.45) is 0 Å². The van der Waals surface area contributed by atoms with Gasteiger partial charge in [0.25, 0.3) is 0 Å². The number of alkyl halides is 3. The summed E-state index contributed by atoms with van der Waals surface area (Å²) in [5, 5.41) is 0.509. The maximum absolute atomic E-state index is 11.9. The third-order valence-electron chi connectivity index (χ3n) is 1.95. The third kappa shape index (κ3) is 3.31. The lowest BCUT2D eigenvalue weighted by atomic mass is 10.3. The molecule has 1 heterocycles. The highest BCUT2D eigenvalue weighted by atomic mass is 32.1. The Morgan fingerprint density at radius 3 is 2.82 bits per heavy atom. The summed E-state index contributed by atoms with van der Waals surface area (Å²) in [4.78, 5) is 4.14. The molecule has 2 N–H and O–H groups in total. The van der Waals surface area contributed by atoms with Crippen LogP contribution in [0.2, 0.25) is 0 Å². The first-order chi connectivity index (χ1) is 7.94. The Hall–Kier alpha value is -1.34. The van der Waals surface area contributed by atoms with Crippen LogP contribution in [0.1, 0.15) is 5.01 Å². The van der Waals surface area contributed by atoms with Gasteiger partial charge in [0.1, 0.15) is 11.6 Å². The fourth-order valence-corrected chi connectivity index (χ4v) is 2.26. The molecule has 1 aromatic heterocycles. The number of benzene rings is 1. The smallest absolute Gasteiger partial charge is 0.399 e. The number of halogens is 3. The Bertz CT molecular complexity index is 524. The third-order valence-corrected chi connectivity index (χ3v) is 2.94. The SMILES string of the molecule is Nc1ccc2nc(COCC(F)(F)F)sc2c1. The number of rotatable bonds is 3. The molecule has 17 heavy (non-hydrogen) atoms. The van der Waals surface area contributed by atoms with Crippen LogP contribution >= 0.6 is 11.3 Å². The first kappa shape index (κ1) is 12.1. The molecular formula is C10H9F3N2OS. The van der Waals surface area contributed by atoms with E-state index in [-0.39, 0.29) is 6.61 Å². The first-order valence-corrected chi connectivity index (χ1v) is 5.55. The number of hydrogen-bond acceptors (Lipinski definition) is 4. The van der Waals surface area contributed by atoms with E-state index >= 15 is 0 Å². The highest BCUT2D eigenvalue weighted by molar-refractivity contribution is 7.18. The Balaban J connectivity index is 2.05. The molecule has 7 heteroatoms. The van der Waals surface area contributed by atoms with Gasteiger partial charge >= 0.3 is 6.18 Å². The lowest BCUT2D eigenvalue weighted by Crippen LogP contribution is -2.16. The summed E-state index contributed by atoms with van der Waals surface area (Å²) in [6.45, 7) is -1.40. The predicted molar refractivity (Wildman–Crippen MR) is 59.7 cm³/mol. The van der Waals surface area contributed by atoms with Gasteiger partial charge in [-0.25, -0.2) is 4.98 Å². The largest absolute Gasteiger partial charge is 0.411 e. The molecule has 0 spiro atoms. The van der Waals surface area contributed by atoms with Gasteiger partial charge in [0.05, 0.1) is 16.8 Å². The van der Waals surface area contributed by atoms with Crippen molar-refractivity contribution in [2.45, 2.75) is 12.8 Å². The standard InChI is InChI=1S/C10H9F3N2OS/c11-10(12,13)5-16-4-9-15-7-2-1-6(14)3-8(7)17-9/h1-3H,4-5,14H2. The van der Waals surface area contributed by atoms with Crippen molar-refractivity contribution in [3.05, 3.63) is 23.2 Å². The fourth-order valence-electron chi connectivity index (χ4n) is 1.30. The second-order valence-electron chi connectivity index (χ2n) is 3.44. The van der Waals surface area contributed by atoms with E-state index in [2.05, 4.69) is 9.72 Å². The molecule has 0 bridgehead atoms. The molecule has 2 rings (SSSR count). The van der Waals surface area contributed by atoms with Crippen LogP contribution in [0.25, 0.3) is 10.2 Å². The van der Waals surface area contributed by atoms with E-state index in [1.807, 2.05) is 0 Å². The Morgan fingerprint density at radius 2 is 2.12 bits per heavy atom. The number of thiazole rings is 1. The molecule has 1 aromatic carbocycles. The van der Waals surface area contributed by atoms with Crippen molar-refractivity contribution in [3.63, 3.8) is 0 Å². The summed E-state index contributed by atoms with van der Waals surface area (Å²) in [5.41, 5.74) is 6.91. The molecule has 92 valence electrons. The molecule has 2 aromatic rings. The zero-order valence-corrected chi connectivity index (χ0v) is 9.44. The van der Waals surface area contributed by atoms with E-state index in [1.54, 1.807) is 18.2 Å². The van der Waals surface area contributed by atoms with Crippen molar-refractivity contribution >= 4 is 27.2 Å². The number of fused-ring (bicyclic) bond motifs is 1. The van der Waals surface area contributed by atoms with Crippen molar-refractivity contribution in [3.8, 4) is 0 Å². The van der Waals surface area contributed by atoms with Crippen molar-refractivity contribution < 1.29 is 17.9 Å². The lowest BCUT2D eigenvalue weighted by Gasteiger charge is -2.05. The second-order valence-corrected chi connectivity index (χ2v) is 4.56. The van der Waals surface area contributed by atoms with Crippen LogP contribution in [0.3, 0.4) is 0 Å². The van der Waals surface area contributed by atoms with Crippen molar-refractivity contribution in [1.82, 2.24) is 4.98 Å². The number of anilines is 1. The first-order valence-electron chi connectivity index (χ1n) is 4.73. The Labute approximate surface area is 99.0 Å². The number of nitrogens with two attached hydrogens (primary N) is 1. The van der Waals surface area contributed by atoms with Crippen LogP contribution in [-0.2, 0) is 11.3 Å². The van der Waals surface area contributed by atoms with Gasteiger partial charge in [0.2, 0.25) is 0 Å². The zero-order chi connectivity index (χ0) is 12.5. The summed E-state index contributed by atoms with van der Waals surface area (Å²) in [5.74, 6) is 0. The van der Waals surface area contributed by atoms with Gasteiger partial charge in [-0.05, 0) is 18.2 Å². The average Bonchev–Trinajstić information content (AvgIpc) is 2.57. The maximum Gasteiger partial charge on any atom is 0.411 e. The van der Waals surface area contributed by atoms with Crippen LogP contribution in [0.5, 0.6) is 0 Å². The van der Waals surface area contributed by atoms with Crippen LogP contribution < -0.4 is 5.73 Å². The summed E-state index contributed by atoms with van der Waals surface area (Å²) in [6.07, 6.45) is -4.30. The van der Waals surface area contributed by atoms with Crippen molar-refractivity contribution in [1.29, 1.82) is 0 Å². The quantitative estimate of drug-likeness (QED) is 0.865. The van der Waals surface area contributed by atoms with E-state index in [0.29, 0.717) is 10.7 Å². The Morgan fingerprint density at radius 1 is 1.35 bits per heavy atom. The van der Waals surface area contributed by atoms with Crippen LogP contribution in [0.15, 0.2) is 18.2 Å². The number of ether oxygens (including phenoxy) is 1. The molecule has 0 aliphatic heterocycles. The summed E-state index contributed by atoms with van der Waals surface area (Å²) < 4.78 is 41.0. The summed E-state index contributed by atoms with van der Waals surface area (Å²) in [7, 11) is 0. The van der Waals surface area contributed by atoms with Gasteiger partial charge in [0.15, 0.2) is 0 Å². The predicted octanol–water partition coefficient (Wildman–Crippen LogP) is 2.96. The van der Waals surface area contributed by atoms with Crippen LogP contribution in [0, 0.1) is 0 Å². The Kier molecular flexibility index (Phi) is 3.21. The molecule has 3 nitrogen and oxygen atoms in total. The number of nitrogens with zero attached hydrogens (tertiary/aromatic N) is 1. The summed E-state index contributed by atoms with van der Waals surface area (Å²) >= 11 is 1.28. The number of hydrogen-bond donors (Lipinski definition) is 1. The van der Waals surface area contributed by atoms with E-state index in [9.17, 15) is 13.2 Å². The highest BCUT2D eigenvalue weighted by Gasteiger charge is 2.27. The molecule has 0 atom stereocenters. The molecule has 0 saturated heterocycles. The normalized spacial score (nSPS) is 12.2. The molecule has 0 aliphatic carbocycles. The molecule has 0 amide bonds. The van der Waals surface area contributed by atoms with Gasteiger partial charge in [-0.2, -0.15) is 13.2 Å². The highest BCUT2D eigenvalue weighted by Crippen LogP contribution is 2.25. The minimum Gasteiger partial charge on any atom is -0.399 e.